The van der Waals surface area contributed by atoms with E-state index in [1.165, 1.54) is 0 Å². The lowest BCUT2D eigenvalue weighted by Crippen LogP contribution is -2.67. The fraction of sp³-hybridized carbons (Fsp3) is 0.364. The van der Waals surface area contributed by atoms with Crippen LogP contribution in [0.25, 0.3) is 0 Å². The van der Waals surface area contributed by atoms with E-state index in [0.29, 0.717) is 19.4 Å². The fourth-order valence-corrected chi connectivity index (χ4v) is 6.25. The van der Waals surface area contributed by atoms with Gasteiger partial charge in [0, 0.05) is 5.69 Å². The van der Waals surface area contributed by atoms with Crippen molar-refractivity contribution >= 4 is 27.3 Å². The number of sulfone groups is 1. The Morgan fingerprint density at radius 1 is 1.03 bits per heavy atom. The summed E-state index contributed by atoms with van der Waals surface area (Å²) in [6.45, 7) is 2.23. The van der Waals surface area contributed by atoms with Crippen molar-refractivity contribution in [2.75, 3.05) is 11.4 Å². The van der Waals surface area contributed by atoms with Gasteiger partial charge in [0.25, 0.3) is 5.91 Å². The quantitative estimate of drug-likeness (QED) is 0.765. The second-order valence-electron chi connectivity index (χ2n) is 7.83. The molecule has 7 heteroatoms. The molecule has 152 valence electrons. The highest BCUT2D eigenvalue weighted by Crippen LogP contribution is 2.41. The second kappa shape index (κ2) is 7.30. The number of hydrogen-bond donors (Lipinski definition) is 1. The van der Waals surface area contributed by atoms with Crippen molar-refractivity contribution in [3.63, 3.8) is 0 Å². The third-order valence-electron chi connectivity index (χ3n) is 5.97. The van der Waals surface area contributed by atoms with Crippen LogP contribution in [0.2, 0.25) is 0 Å². The average molecular weight is 413 g/mol. The molecule has 2 aromatic carbocycles. The van der Waals surface area contributed by atoms with Crippen LogP contribution in [0, 0.1) is 6.92 Å². The Balaban J connectivity index is 1.54. The number of nitrogens with one attached hydrogen (secondary N) is 1. The van der Waals surface area contributed by atoms with Crippen LogP contribution in [-0.4, -0.2) is 37.6 Å². The number of anilines is 1. The first-order chi connectivity index (χ1) is 13.8. The van der Waals surface area contributed by atoms with E-state index < -0.39 is 26.5 Å². The maximum absolute atomic E-state index is 13.4. The Labute approximate surface area is 170 Å². The number of nitrogens with zero attached hydrogens (tertiary/aromatic N) is 1. The van der Waals surface area contributed by atoms with Gasteiger partial charge in [0.1, 0.15) is 6.04 Å². The molecule has 0 bridgehead atoms. The number of benzene rings is 2. The molecule has 1 saturated carbocycles. The molecule has 1 atom stereocenters. The van der Waals surface area contributed by atoms with Gasteiger partial charge in [-0.05, 0) is 44.0 Å². The van der Waals surface area contributed by atoms with Gasteiger partial charge in [-0.3, -0.25) is 9.59 Å². The molecule has 0 aromatic heterocycles. The summed E-state index contributed by atoms with van der Waals surface area (Å²) in [5, 5.41) is 2.73. The molecule has 6 nitrogen and oxygen atoms in total. The minimum Gasteiger partial charge on any atom is -0.341 e. The molecular formula is C22H24N2O4S. The van der Waals surface area contributed by atoms with Gasteiger partial charge >= 0.3 is 0 Å². The highest BCUT2D eigenvalue weighted by atomic mass is 32.2. The summed E-state index contributed by atoms with van der Waals surface area (Å²) in [4.78, 5) is 27.5. The molecule has 1 saturated heterocycles. The third kappa shape index (κ3) is 3.23. The topological polar surface area (TPSA) is 83.6 Å². The Morgan fingerprint density at radius 3 is 2.24 bits per heavy atom. The normalized spacial score (nSPS) is 20.9. The predicted molar refractivity (Wildman–Crippen MR) is 110 cm³/mol. The van der Waals surface area contributed by atoms with Gasteiger partial charge in [-0.15, -0.1) is 0 Å². The number of aryl methyl sites for hydroxylation is 1. The van der Waals surface area contributed by atoms with Crippen molar-refractivity contribution in [2.45, 2.75) is 48.3 Å². The van der Waals surface area contributed by atoms with E-state index in [0.717, 1.165) is 11.3 Å². The SMILES string of the molecule is Cc1ccc(S(=O)(=O)C2(C(=O)NC3CN(c4ccccc4)C3=O)CCCC2)cc1. The number of carbonyl (C=O) groups excluding carboxylic acids is 2. The van der Waals surface area contributed by atoms with Crippen LogP contribution in [0.4, 0.5) is 5.69 Å². The molecule has 2 aliphatic rings. The van der Waals surface area contributed by atoms with Crippen molar-refractivity contribution in [2.24, 2.45) is 0 Å². The summed E-state index contributed by atoms with van der Waals surface area (Å²) in [6.07, 6.45) is 1.90. The van der Waals surface area contributed by atoms with Crippen LogP contribution >= 0.6 is 0 Å². The molecule has 1 unspecified atom stereocenters. The van der Waals surface area contributed by atoms with Crippen LogP contribution in [0.1, 0.15) is 31.2 Å². The standard InChI is InChI=1S/C22H24N2O4S/c1-16-9-11-18(12-10-16)29(27,28)22(13-5-6-14-22)21(26)23-19-15-24(20(19)25)17-7-3-2-4-8-17/h2-4,7-12,19H,5-6,13-15H2,1H3,(H,23,26). The molecule has 1 aliphatic carbocycles. The Hall–Kier alpha value is -2.67. The number of hydrogen-bond acceptors (Lipinski definition) is 4. The molecular weight excluding hydrogens is 388 g/mol. The van der Waals surface area contributed by atoms with Crippen molar-refractivity contribution in [1.29, 1.82) is 0 Å². The van der Waals surface area contributed by atoms with Crippen molar-refractivity contribution in [3.8, 4) is 0 Å². The highest BCUT2D eigenvalue weighted by molar-refractivity contribution is 7.93. The van der Waals surface area contributed by atoms with Gasteiger partial charge in [0.05, 0.1) is 11.4 Å². The zero-order chi connectivity index (χ0) is 20.6. The molecule has 1 aliphatic heterocycles. The zero-order valence-corrected chi connectivity index (χ0v) is 17.1. The first-order valence-corrected chi connectivity index (χ1v) is 11.3. The lowest BCUT2D eigenvalue weighted by atomic mass is 10.0. The number of para-hydroxylation sites is 1. The van der Waals surface area contributed by atoms with E-state index in [4.69, 9.17) is 0 Å². The summed E-state index contributed by atoms with van der Waals surface area (Å²) < 4.78 is 25.3. The number of β-lactam (4-membered cyclic amide) rings is 1. The van der Waals surface area contributed by atoms with Gasteiger partial charge in [0.2, 0.25) is 5.91 Å². The number of rotatable bonds is 5. The predicted octanol–water partition coefficient (Wildman–Crippen LogP) is 2.61. The monoisotopic (exact) mass is 412 g/mol. The van der Waals surface area contributed by atoms with E-state index in [1.807, 2.05) is 37.3 Å². The van der Waals surface area contributed by atoms with E-state index in [9.17, 15) is 18.0 Å². The molecule has 1 N–H and O–H groups in total. The van der Waals surface area contributed by atoms with Crippen molar-refractivity contribution in [1.82, 2.24) is 5.32 Å². The molecule has 1 heterocycles. The Morgan fingerprint density at radius 2 is 1.66 bits per heavy atom. The van der Waals surface area contributed by atoms with E-state index in [2.05, 4.69) is 5.32 Å². The first kappa shape index (κ1) is 19.6. The summed E-state index contributed by atoms with van der Waals surface area (Å²) in [5.41, 5.74) is 1.72. The molecule has 0 radical (unpaired) electrons. The van der Waals surface area contributed by atoms with Crippen LogP contribution in [0.5, 0.6) is 0 Å². The van der Waals surface area contributed by atoms with Crippen molar-refractivity contribution in [3.05, 3.63) is 60.2 Å². The fourth-order valence-electron chi connectivity index (χ4n) is 4.17. The van der Waals surface area contributed by atoms with Crippen LogP contribution < -0.4 is 10.2 Å². The zero-order valence-electron chi connectivity index (χ0n) is 16.3. The molecule has 2 amide bonds. The third-order valence-corrected chi connectivity index (χ3v) is 8.49. The van der Waals surface area contributed by atoms with Crippen LogP contribution in [0.15, 0.2) is 59.5 Å². The van der Waals surface area contributed by atoms with Gasteiger partial charge in [-0.2, -0.15) is 0 Å². The highest BCUT2D eigenvalue weighted by Gasteiger charge is 2.54. The first-order valence-electron chi connectivity index (χ1n) is 9.84. The van der Waals surface area contributed by atoms with E-state index in [-0.39, 0.29) is 23.6 Å². The van der Waals surface area contributed by atoms with E-state index in [1.54, 1.807) is 29.2 Å². The van der Waals surface area contributed by atoms with Gasteiger partial charge in [-0.25, -0.2) is 8.42 Å². The lowest BCUT2D eigenvalue weighted by molar-refractivity contribution is -0.131. The molecule has 2 aromatic rings. The Bertz CT molecular complexity index is 1030. The Kier molecular flexibility index (Phi) is 4.94. The van der Waals surface area contributed by atoms with Gasteiger partial charge < -0.3 is 10.2 Å². The molecule has 2 fully saturated rings. The lowest BCUT2D eigenvalue weighted by Gasteiger charge is -2.40. The van der Waals surface area contributed by atoms with Gasteiger partial charge in [-0.1, -0.05) is 48.7 Å². The summed E-state index contributed by atoms with van der Waals surface area (Å²) in [6, 6.07) is 15.1. The maximum Gasteiger partial charge on any atom is 0.251 e. The van der Waals surface area contributed by atoms with Crippen molar-refractivity contribution < 1.29 is 18.0 Å². The largest absolute Gasteiger partial charge is 0.341 e. The average Bonchev–Trinajstić information content (AvgIpc) is 3.23. The smallest absolute Gasteiger partial charge is 0.251 e. The number of amides is 2. The summed E-state index contributed by atoms with van der Waals surface area (Å²) in [5.74, 6) is -0.771. The molecule has 0 spiro atoms. The summed E-state index contributed by atoms with van der Waals surface area (Å²) >= 11 is 0. The second-order valence-corrected chi connectivity index (χ2v) is 10.1. The van der Waals surface area contributed by atoms with Crippen LogP contribution in [0.3, 0.4) is 0 Å². The van der Waals surface area contributed by atoms with E-state index >= 15 is 0 Å². The molecule has 4 rings (SSSR count). The maximum atomic E-state index is 13.4. The number of carbonyl (C=O) groups is 2. The summed E-state index contributed by atoms with van der Waals surface area (Å²) in [7, 11) is -3.87. The minimum atomic E-state index is -3.87. The van der Waals surface area contributed by atoms with Crippen LogP contribution in [-0.2, 0) is 19.4 Å². The molecule has 29 heavy (non-hydrogen) atoms. The minimum absolute atomic E-state index is 0.158. The van der Waals surface area contributed by atoms with Gasteiger partial charge in [0.15, 0.2) is 14.6 Å².